The molecular formula is C15H18ClN3OS. The molecule has 1 heterocycles. The first-order valence-corrected chi connectivity index (χ1v) is 8.17. The number of nitrogens with zero attached hydrogens (tertiary/aromatic N) is 2. The van der Waals surface area contributed by atoms with E-state index in [0.717, 1.165) is 34.1 Å². The molecule has 0 aliphatic rings. The lowest BCUT2D eigenvalue weighted by Crippen LogP contribution is -1.99. The molecule has 112 valence electrons. The van der Waals surface area contributed by atoms with Crippen molar-refractivity contribution in [2.45, 2.75) is 26.1 Å². The maximum Gasteiger partial charge on any atom is 0.203 e. The molecule has 2 rings (SSSR count). The van der Waals surface area contributed by atoms with Crippen LogP contribution in [-0.4, -0.2) is 17.8 Å². The highest BCUT2D eigenvalue weighted by Gasteiger charge is 2.03. The lowest BCUT2D eigenvalue weighted by molar-refractivity contribution is 0.315. The molecule has 1 aromatic carbocycles. The summed E-state index contributed by atoms with van der Waals surface area (Å²) < 4.78 is 5.66. The summed E-state index contributed by atoms with van der Waals surface area (Å²) in [4.78, 5) is 4.28. The summed E-state index contributed by atoms with van der Waals surface area (Å²) in [5.41, 5.74) is 5.84. The Morgan fingerprint density at radius 1 is 1.48 bits per heavy atom. The van der Waals surface area contributed by atoms with Crippen LogP contribution in [0.2, 0.25) is 0 Å². The quantitative estimate of drug-likeness (QED) is 0.466. The topological polar surface area (TPSA) is 46.5 Å². The summed E-state index contributed by atoms with van der Waals surface area (Å²) in [6, 6.07) is 5.87. The van der Waals surface area contributed by atoms with Gasteiger partial charge in [-0.1, -0.05) is 6.92 Å². The highest BCUT2D eigenvalue weighted by Crippen LogP contribution is 2.22. The summed E-state index contributed by atoms with van der Waals surface area (Å²) in [6.45, 7) is 4.73. The molecule has 0 fully saturated rings. The summed E-state index contributed by atoms with van der Waals surface area (Å²) in [6.07, 6.45) is 2.72. The number of hydrogen-bond acceptors (Lipinski definition) is 5. The minimum absolute atomic E-state index is 0.416. The summed E-state index contributed by atoms with van der Waals surface area (Å²) in [5, 5.41) is 6.94. The number of rotatable bonds is 7. The van der Waals surface area contributed by atoms with Crippen LogP contribution in [0.4, 0.5) is 5.13 Å². The first-order chi connectivity index (χ1) is 10.2. The molecule has 0 saturated carbocycles. The van der Waals surface area contributed by atoms with E-state index in [1.807, 2.05) is 30.5 Å². The third-order valence-corrected chi connectivity index (χ3v) is 3.84. The smallest absolute Gasteiger partial charge is 0.203 e. The van der Waals surface area contributed by atoms with E-state index in [9.17, 15) is 0 Å². The average molecular weight is 324 g/mol. The van der Waals surface area contributed by atoms with Gasteiger partial charge in [-0.3, -0.25) is 5.43 Å². The van der Waals surface area contributed by atoms with Gasteiger partial charge in [-0.25, -0.2) is 4.98 Å². The Morgan fingerprint density at radius 3 is 3.00 bits per heavy atom. The minimum atomic E-state index is 0.416. The van der Waals surface area contributed by atoms with Crippen molar-refractivity contribution in [2.75, 3.05) is 12.0 Å². The van der Waals surface area contributed by atoms with Crippen molar-refractivity contribution in [2.24, 2.45) is 5.10 Å². The lowest BCUT2D eigenvalue weighted by Gasteiger charge is -2.09. The van der Waals surface area contributed by atoms with E-state index in [4.69, 9.17) is 16.3 Å². The number of anilines is 1. The van der Waals surface area contributed by atoms with Crippen molar-refractivity contribution in [3.05, 3.63) is 40.4 Å². The second kappa shape index (κ2) is 8.00. The number of alkyl halides is 1. The third kappa shape index (κ3) is 4.72. The fourth-order valence-electron chi connectivity index (χ4n) is 1.70. The molecule has 2 aromatic rings. The summed E-state index contributed by atoms with van der Waals surface area (Å²) >= 11 is 7.49. The number of hydrogen-bond donors (Lipinski definition) is 1. The number of thiazole rings is 1. The first kappa shape index (κ1) is 15.8. The zero-order valence-electron chi connectivity index (χ0n) is 12.1. The number of hydrazone groups is 1. The predicted octanol–water partition coefficient (Wildman–Crippen LogP) is 4.43. The van der Waals surface area contributed by atoms with Gasteiger partial charge in [0.1, 0.15) is 5.75 Å². The van der Waals surface area contributed by atoms with E-state index in [2.05, 4.69) is 22.4 Å². The number of halogens is 1. The van der Waals surface area contributed by atoms with Crippen LogP contribution in [0, 0.1) is 6.92 Å². The van der Waals surface area contributed by atoms with Crippen LogP contribution in [0.25, 0.3) is 0 Å². The van der Waals surface area contributed by atoms with Crippen LogP contribution in [0.3, 0.4) is 0 Å². The zero-order valence-corrected chi connectivity index (χ0v) is 13.7. The number of aryl methyl sites for hydroxylation is 1. The van der Waals surface area contributed by atoms with Crippen molar-refractivity contribution in [1.82, 2.24) is 4.98 Å². The first-order valence-electron chi connectivity index (χ1n) is 6.75. The van der Waals surface area contributed by atoms with E-state index >= 15 is 0 Å². The van der Waals surface area contributed by atoms with Crippen molar-refractivity contribution in [3.63, 3.8) is 0 Å². The minimum Gasteiger partial charge on any atom is -0.493 e. The second-order valence-electron chi connectivity index (χ2n) is 4.51. The van der Waals surface area contributed by atoms with Crippen LogP contribution < -0.4 is 10.2 Å². The van der Waals surface area contributed by atoms with Gasteiger partial charge in [0.05, 0.1) is 24.4 Å². The largest absolute Gasteiger partial charge is 0.493 e. The van der Waals surface area contributed by atoms with Gasteiger partial charge in [-0.15, -0.1) is 22.9 Å². The van der Waals surface area contributed by atoms with Crippen molar-refractivity contribution in [3.8, 4) is 5.75 Å². The fourth-order valence-corrected chi connectivity index (χ4v) is 2.55. The normalized spacial score (nSPS) is 11.0. The van der Waals surface area contributed by atoms with Crippen molar-refractivity contribution in [1.29, 1.82) is 0 Å². The Balaban J connectivity index is 2.02. The van der Waals surface area contributed by atoms with E-state index in [0.29, 0.717) is 12.5 Å². The van der Waals surface area contributed by atoms with Gasteiger partial charge in [-0.05, 0) is 37.1 Å². The third-order valence-electron chi connectivity index (χ3n) is 2.68. The van der Waals surface area contributed by atoms with Crippen LogP contribution in [0.1, 0.15) is 30.2 Å². The van der Waals surface area contributed by atoms with E-state index < -0.39 is 0 Å². The lowest BCUT2D eigenvalue weighted by atomic mass is 10.1. The Bertz CT molecular complexity index is 613. The average Bonchev–Trinajstić information content (AvgIpc) is 2.91. The molecule has 0 amide bonds. The number of nitrogens with one attached hydrogen (secondary N) is 1. The molecule has 4 nitrogen and oxygen atoms in total. The zero-order chi connectivity index (χ0) is 15.1. The van der Waals surface area contributed by atoms with Gasteiger partial charge in [0.25, 0.3) is 0 Å². The molecule has 0 atom stereocenters. The standard InChI is InChI=1S/C15H18ClN3OS/c1-3-6-20-14-5-4-12(7-13(14)8-16)9-17-19-15-18-11(2)10-21-15/h4-5,7,9-10H,3,6,8H2,1-2H3,(H,18,19). The molecule has 1 aromatic heterocycles. The van der Waals surface area contributed by atoms with Crippen molar-refractivity contribution < 1.29 is 4.74 Å². The Morgan fingerprint density at radius 2 is 2.33 bits per heavy atom. The summed E-state index contributed by atoms with van der Waals surface area (Å²) in [5.74, 6) is 1.26. The molecule has 6 heteroatoms. The number of ether oxygens (including phenoxy) is 1. The molecular weight excluding hydrogens is 306 g/mol. The molecule has 1 N–H and O–H groups in total. The monoisotopic (exact) mass is 323 g/mol. The summed E-state index contributed by atoms with van der Waals surface area (Å²) in [7, 11) is 0. The van der Waals surface area contributed by atoms with Gasteiger partial charge in [-0.2, -0.15) is 5.10 Å². The highest BCUT2D eigenvalue weighted by molar-refractivity contribution is 7.13. The van der Waals surface area contributed by atoms with Crippen LogP contribution in [0.5, 0.6) is 5.75 Å². The molecule has 0 unspecified atom stereocenters. The van der Waals surface area contributed by atoms with Gasteiger partial charge in [0, 0.05) is 10.9 Å². The molecule has 0 spiro atoms. The van der Waals surface area contributed by atoms with E-state index in [-0.39, 0.29) is 0 Å². The molecule has 0 bridgehead atoms. The van der Waals surface area contributed by atoms with Crippen LogP contribution in [0.15, 0.2) is 28.7 Å². The van der Waals surface area contributed by atoms with Crippen LogP contribution in [-0.2, 0) is 5.88 Å². The number of benzene rings is 1. The Kier molecular flexibility index (Phi) is 6.02. The Labute approximate surface area is 133 Å². The molecule has 0 aliphatic carbocycles. The number of aromatic nitrogens is 1. The maximum atomic E-state index is 5.97. The maximum absolute atomic E-state index is 5.97. The van der Waals surface area contributed by atoms with Crippen LogP contribution >= 0.6 is 22.9 Å². The van der Waals surface area contributed by atoms with Gasteiger partial charge < -0.3 is 4.74 Å². The van der Waals surface area contributed by atoms with Gasteiger partial charge >= 0.3 is 0 Å². The van der Waals surface area contributed by atoms with E-state index in [1.165, 1.54) is 11.3 Å². The molecule has 0 aliphatic heterocycles. The fraction of sp³-hybridized carbons (Fsp3) is 0.333. The van der Waals surface area contributed by atoms with Gasteiger partial charge in [0.15, 0.2) is 0 Å². The molecule has 21 heavy (non-hydrogen) atoms. The molecule has 0 radical (unpaired) electrons. The van der Waals surface area contributed by atoms with Gasteiger partial charge in [0.2, 0.25) is 5.13 Å². The van der Waals surface area contributed by atoms with Crippen molar-refractivity contribution >= 4 is 34.3 Å². The van der Waals surface area contributed by atoms with E-state index in [1.54, 1.807) is 6.21 Å². The highest BCUT2D eigenvalue weighted by atomic mass is 35.5. The molecule has 0 saturated heterocycles. The Hall–Kier alpha value is -1.59. The second-order valence-corrected chi connectivity index (χ2v) is 5.64. The SMILES string of the molecule is CCCOc1ccc(C=NNc2nc(C)cs2)cc1CCl. The predicted molar refractivity (Wildman–Crippen MR) is 89.9 cm³/mol.